The fraction of sp³-hybridized carbons (Fsp3) is 0.143. The van der Waals surface area contributed by atoms with E-state index in [9.17, 15) is 13.2 Å². The SMILES string of the molecule is O=C(NCc1ccncc1)[C@@H](Cc1ccccc1)NS(=O)(=O)c1ccc(Cl)cc1. The highest BCUT2D eigenvalue weighted by Crippen LogP contribution is 2.15. The lowest BCUT2D eigenvalue weighted by Crippen LogP contribution is -2.47. The Balaban J connectivity index is 1.78. The summed E-state index contributed by atoms with van der Waals surface area (Å²) in [5.74, 6) is -0.414. The highest BCUT2D eigenvalue weighted by atomic mass is 35.5. The number of hydrogen-bond donors (Lipinski definition) is 2. The van der Waals surface area contributed by atoms with E-state index in [1.165, 1.54) is 24.3 Å². The molecular formula is C21H20ClN3O3S. The highest BCUT2D eigenvalue weighted by Gasteiger charge is 2.26. The number of amides is 1. The zero-order chi connectivity index (χ0) is 20.7. The quantitative estimate of drug-likeness (QED) is 0.576. The van der Waals surface area contributed by atoms with Crippen molar-refractivity contribution >= 4 is 27.5 Å². The van der Waals surface area contributed by atoms with Crippen molar-refractivity contribution in [3.63, 3.8) is 0 Å². The van der Waals surface area contributed by atoms with Gasteiger partial charge >= 0.3 is 0 Å². The molecule has 0 unspecified atom stereocenters. The molecule has 150 valence electrons. The summed E-state index contributed by atoms with van der Waals surface area (Å²) >= 11 is 5.84. The minimum Gasteiger partial charge on any atom is -0.351 e. The lowest BCUT2D eigenvalue weighted by Gasteiger charge is -2.19. The summed E-state index contributed by atoms with van der Waals surface area (Å²) < 4.78 is 28.1. The maximum Gasteiger partial charge on any atom is 0.241 e. The number of halogens is 1. The van der Waals surface area contributed by atoms with Crippen LogP contribution in [0.5, 0.6) is 0 Å². The zero-order valence-corrected chi connectivity index (χ0v) is 17.0. The number of hydrogen-bond acceptors (Lipinski definition) is 4. The summed E-state index contributed by atoms with van der Waals surface area (Å²) in [4.78, 5) is 16.8. The van der Waals surface area contributed by atoms with Crippen LogP contribution in [-0.2, 0) is 27.8 Å². The van der Waals surface area contributed by atoms with Crippen LogP contribution in [0.1, 0.15) is 11.1 Å². The van der Waals surface area contributed by atoms with Crippen molar-refractivity contribution in [3.05, 3.63) is 95.3 Å². The Morgan fingerprint density at radius 2 is 1.59 bits per heavy atom. The van der Waals surface area contributed by atoms with E-state index in [0.29, 0.717) is 5.02 Å². The van der Waals surface area contributed by atoms with Crippen LogP contribution in [-0.4, -0.2) is 25.4 Å². The number of carbonyl (C=O) groups excluding carboxylic acids is 1. The van der Waals surface area contributed by atoms with Gasteiger partial charge in [-0.05, 0) is 53.9 Å². The topological polar surface area (TPSA) is 88.2 Å². The molecule has 2 N–H and O–H groups in total. The largest absolute Gasteiger partial charge is 0.351 e. The molecule has 3 aromatic rings. The van der Waals surface area contributed by atoms with Crippen LogP contribution in [0, 0.1) is 0 Å². The lowest BCUT2D eigenvalue weighted by molar-refractivity contribution is -0.122. The Kier molecular flexibility index (Phi) is 6.98. The van der Waals surface area contributed by atoms with Gasteiger partial charge in [0.15, 0.2) is 0 Å². The van der Waals surface area contributed by atoms with Crippen LogP contribution in [0.15, 0.2) is 84.0 Å². The standard InChI is InChI=1S/C21H20ClN3O3S/c22-18-6-8-19(9-7-18)29(27,28)25-20(14-16-4-2-1-3-5-16)21(26)24-15-17-10-12-23-13-11-17/h1-13,20,25H,14-15H2,(H,24,26)/t20-/m1/s1. The molecule has 0 aliphatic carbocycles. The molecule has 1 atom stereocenters. The maximum absolute atomic E-state index is 12.8. The molecular weight excluding hydrogens is 410 g/mol. The number of aromatic nitrogens is 1. The van der Waals surface area contributed by atoms with Crippen molar-refractivity contribution in [2.24, 2.45) is 0 Å². The number of nitrogens with zero attached hydrogens (tertiary/aromatic N) is 1. The summed E-state index contributed by atoms with van der Waals surface area (Å²) in [6.45, 7) is 0.273. The van der Waals surface area contributed by atoms with Gasteiger partial charge in [-0.25, -0.2) is 8.42 Å². The van der Waals surface area contributed by atoms with E-state index in [0.717, 1.165) is 11.1 Å². The monoisotopic (exact) mass is 429 g/mol. The first-order valence-electron chi connectivity index (χ1n) is 8.92. The average molecular weight is 430 g/mol. The fourth-order valence-electron chi connectivity index (χ4n) is 2.72. The van der Waals surface area contributed by atoms with E-state index in [-0.39, 0.29) is 17.9 Å². The number of benzene rings is 2. The first kappa shape index (κ1) is 21.0. The summed E-state index contributed by atoms with van der Waals surface area (Å²) in [5, 5.41) is 3.22. The normalized spacial score (nSPS) is 12.3. The maximum atomic E-state index is 12.8. The molecule has 29 heavy (non-hydrogen) atoms. The van der Waals surface area contributed by atoms with E-state index in [2.05, 4.69) is 15.0 Å². The van der Waals surface area contributed by atoms with Crippen molar-refractivity contribution in [1.82, 2.24) is 15.0 Å². The van der Waals surface area contributed by atoms with Gasteiger partial charge in [0.05, 0.1) is 4.90 Å². The highest BCUT2D eigenvalue weighted by molar-refractivity contribution is 7.89. The van der Waals surface area contributed by atoms with Crippen LogP contribution in [0.25, 0.3) is 0 Å². The van der Waals surface area contributed by atoms with Gasteiger partial charge in [-0.2, -0.15) is 4.72 Å². The van der Waals surface area contributed by atoms with Crippen molar-refractivity contribution < 1.29 is 13.2 Å². The van der Waals surface area contributed by atoms with E-state index in [1.807, 2.05) is 30.3 Å². The molecule has 0 aliphatic rings. The van der Waals surface area contributed by atoms with Crippen molar-refractivity contribution in [1.29, 1.82) is 0 Å². The molecule has 1 amide bonds. The second-order valence-corrected chi connectivity index (χ2v) is 8.54. The molecule has 2 aromatic carbocycles. The third-order valence-electron chi connectivity index (χ3n) is 4.24. The second kappa shape index (κ2) is 9.65. The van der Waals surface area contributed by atoms with Gasteiger partial charge in [0.2, 0.25) is 15.9 Å². The molecule has 1 aromatic heterocycles. The van der Waals surface area contributed by atoms with Gasteiger partial charge in [-0.3, -0.25) is 9.78 Å². The molecule has 0 aliphatic heterocycles. The van der Waals surface area contributed by atoms with Crippen LogP contribution in [0.4, 0.5) is 0 Å². The second-order valence-electron chi connectivity index (χ2n) is 6.39. The Hall–Kier alpha value is -2.74. The van der Waals surface area contributed by atoms with Crippen LogP contribution >= 0.6 is 11.6 Å². The van der Waals surface area contributed by atoms with Gasteiger partial charge in [0, 0.05) is 24.0 Å². The van der Waals surface area contributed by atoms with Gasteiger partial charge < -0.3 is 5.32 Å². The van der Waals surface area contributed by atoms with E-state index in [4.69, 9.17) is 11.6 Å². The van der Waals surface area contributed by atoms with E-state index >= 15 is 0 Å². The molecule has 6 nitrogen and oxygen atoms in total. The minimum absolute atomic E-state index is 0.0434. The molecule has 1 heterocycles. The van der Waals surface area contributed by atoms with Gasteiger partial charge in [0.1, 0.15) is 6.04 Å². The Morgan fingerprint density at radius 3 is 2.24 bits per heavy atom. The van der Waals surface area contributed by atoms with Gasteiger partial charge in [-0.15, -0.1) is 0 Å². The summed E-state index contributed by atoms with van der Waals surface area (Å²) in [6.07, 6.45) is 3.48. The number of rotatable bonds is 8. The van der Waals surface area contributed by atoms with E-state index in [1.54, 1.807) is 24.5 Å². The number of sulfonamides is 1. The molecule has 0 radical (unpaired) electrons. The molecule has 0 spiro atoms. The zero-order valence-electron chi connectivity index (χ0n) is 15.5. The Morgan fingerprint density at radius 1 is 0.931 bits per heavy atom. The Bertz CT molecular complexity index is 1040. The number of pyridine rings is 1. The molecule has 0 bridgehead atoms. The average Bonchev–Trinajstić information content (AvgIpc) is 2.73. The molecule has 0 fully saturated rings. The van der Waals surface area contributed by atoms with Crippen LogP contribution < -0.4 is 10.0 Å². The first-order valence-corrected chi connectivity index (χ1v) is 10.8. The smallest absolute Gasteiger partial charge is 0.241 e. The molecule has 8 heteroatoms. The first-order chi connectivity index (χ1) is 13.9. The fourth-order valence-corrected chi connectivity index (χ4v) is 4.04. The third kappa shape index (κ3) is 6.12. The summed E-state index contributed by atoms with van der Waals surface area (Å²) in [5.41, 5.74) is 1.71. The minimum atomic E-state index is -3.90. The summed E-state index contributed by atoms with van der Waals surface area (Å²) in [6, 6.07) is 17.6. The van der Waals surface area contributed by atoms with Crippen molar-refractivity contribution in [2.75, 3.05) is 0 Å². The number of nitrogens with one attached hydrogen (secondary N) is 2. The van der Waals surface area contributed by atoms with Crippen molar-refractivity contribution in [3.8, 4) is 0 Å². The van der Waals surface area contributed by atoms with Gasteiger partial charge in [-0.1, -0.05) is 41.9 Å². The van der Waals surface area contributed by atoms with Crippen molar-refractivity contribution in [2.45, 2.75) is 23.9 Å². The molecule has 0 saturated carbocycles. The lowest BCUT2D eigenvalue weighted by atomic mass is 10.1. The van der Waals surface area contributed by atoms with Gasteiger partial charge in [0.25, 0.3) is 0 Å². The predicted molar refractivity (Wildman–Crippen MR) is 112 cm³/mol. The Labute approximate surface area is 175 Å². The molecule has 3 rings (SSSR count). The van der Waals surface area contributed by atoms with E-state index < -0.39 is 22.0 Å². The third-order valence-corrected chi connectivity index (χ3v) is 5.98. The summed E-state index contributed by atoms with van der Waals surface area (Å²) in [7, 11) is -3.90. The molecule has 0 saturated heterocycles. The number of carbonyl (C=O) groups is 1. The van der Waals surface area contributed by atoms with Crippen LogP contribution in [0.2, 0.25) is 5.02 Å². The predicted octanol–water partition coefficient (Wildman–Crippen LogP) is 2.94. The van der Waals surface area contributed by atoms with Crippen LogP contribution in [0.3, 0.4) is 0 Å².